The molecule has 1 aliphatic heterocycles. The third kappa shape index (κ3) is 1.99. The molecule has 1 aromatic rings. The van der Waals surface area contributed by atoms with Crippen molar-refractivity contribution in [1.82, 2.24) is 4.98 Å². The first kappa shape index (κ1) is 8.94. The van der Waals surface area contributed by atoms with Crippen LogP contribution in [0.25, 0.3) is 0 Å². The van der Waals surface area contributed by atoms with Crippen LogP contribution in [0.5, 0.6) is 0 Å². The lowest BCUT2D eigenvalue weighted by Gasteiger charge is -1.99. The lowest BCUT2D eigenvalue weighted by atomic mass is 10.0. The van der Waals surface area contributed by atoms with Gasteiger partial charge in [-0.1, -0.05) is 6.07 Å². The Morgan fingerprint density at radius 3 is 3.14 bits per heavy atom. The quantitative estimate of drug-likeness (QED) is 0.723. The van der Waals surface area contributed by atoms with Crippen molar-refractivity contribution >= 4 is 5.78 Å². The summed E-state index contributed by atoms with van der Waals surface area (Å²) in [6.45, 7) is 0.633. The number of pyridine rings is 1. The van der Waals surface area contributed by atoms with Crippen molar-refractivity contribution in [2.45, 2.75) is 12.8 Å². The van der Waals surface area contributed by atoms with Crippen LogP contribution in [0.1, 0.15) is 12.0 Å². The van der Waals surface area contributed by atoms with Crippen LogP contribution in [-0.2, 0) is 16.0 Å². The largest absolute Gasteiger partial charge is 0.500 e. The Balaban J connectivity index is 2.01. The van der Waals surface area contributed by atoms with Crippen molar-refractivity contribution in [3.8, 4) is 0 Å². The van der Waals surface area contributed by atoms with E-state index in [1.165, 1.54) is 0 Å². The summed E-state index contributed by atoms with van der Waals surface area (Å²) in [6, 6.07) is 3.74. The highest BCUT2D eigenvalue weighted by atomic mass is 16.5. The number of carbonyl (C=O) groups is 1. The first-order valence-electron chi connectivity index (χ1n) is 4.59. The minimum atomic E-state index is 0.135. The van der Waals surface area contributed by atoms with Crippen LogP contribution in [0, 0.1) is 0 Å². The third-order valence-electron chi connectivity index (χ3n) is 2.16. The molecule has 0 fully saturated rings. The van der Waals surface area contributed by atoms with Gasteiger partial charge < -0.3 is 4.74 Å². The molecule has 0 amide bonds. The zero-order valence-electron chi connectivity index (χ0n) is 7.77. The topological polar surface area (TPSA) is 39.2 Å². The summed E-state index contributed by atoms with van der Waals surface area (Å²) < 4.78 is 5.02. The van der Waals surface area contributed by atoms with E-state index in [9.17, 15) is 4.79 Å². The van der Waals surface area contributed by atoms with Crippen LogP contribution >= 0.6 is 0 Å². The predicted molar refractivity (Wildman–Crippen MR) is 51.6 cm³/mol. The highest BCUT2D eigenvalue weighted by molar-refractivity contribution is 5.96. The molecule has 0 aliphatic carbocycles. The average Bonchev–Trinajstić information content (AvgIpc) is 2.72. The molecule has 2 rings (SSSR count). The van der Waals surface area contributed by atoms with Crippen molar-refractivity contribution in [1.29, 1.82) is 0 Å². The SMILES string of the molecule is O=C(Cc1cccnc1)C1=COCC1. The molecule has 0 bridgehead atoms. The van der Waals surface area contributed by atoms with Gasteiger partial charge in [0.2, 0.25) is 0 Å². The number of nitrogens with zero attached hydrogens (tertiary/aromatic N) is 1. The summed E-state index contributed by atoms with van der Waals surface area (Å²) in [5.41, 5.74) is 1.74. The first-order valence-corrected chi connectivity index (χ1v) is 4.59. The van der Waals surface area contributed by atoms with Gasteiger partial charge >= 0.3 is 0 Å². The van der Waals surface area contributed by atoms with Gasteiger partial charge in [-0.25, -0.2) is 0 Å². The standard InChI is InChI=1S/C11H11NO2/c13-11(10-3-5-14-8-10)6-9-2-1-4-12-7-9/h1-2,4,7-8H,3,5-6H2. The summed E-state index contributed by atoms with van der Waals surface area (Å²) in [5, 5.41) is 0. The molecular formula is C11H11NO2. The maximum absolute atomic E-state index is 11.6. The van der Waals surface area contributed by atoms with Gasteiger partial charge in [0.1, 0.15) is 0 Å². The number of ketones is 1. The number of aromatic nitrogens is 1. The van der Waals surface area contributed by atoms with Gasteiger partial charge in [0.05, 0.1) is 12.9 Å². The van der Waals surface area contributed by atoms with Crippen LogP contribution in [0.3, 0.4) is 0 Å². The molecule has 0 saturated heterocycles. The molecule has 1 aromatic heterocycles. The maximum atomic E-state index is 11.6. The fraction of sp³-hybridized carbons (Fsp3) is 0.273. The highest BCUT2D eigenvalue weighted by Gasteiger charge is 2.14. The third-order valence-corrected chi connectivity index (χ3v) is 2.16. The summed E-state index contributed by atoms with van der Waals surface area (Å²) in [4.78, 5) is 15.6. The molecule has 0 spiro atoms. The van der Waals surface area contributed by atoms with Crippen molar-refractivity contribution in [2.75, 3.05) is 6.61 Å². The molecular weight excluding hydrogens is 178 g/mol. The summed E-state index contributed by atoms with van der Waals surface area (Å²) in [7, 11) is 0. The van der Waals surface area contributed by atoms with Crippen LogP contribution in [-0.4, -0.2) is 17.4 Å². The average molecular weight is 189 g/mol. The van der Waals surface area contributed by atoms with Crippen molar-refractivity contribution in [3.63, 3.8) is 0 Å². The minimum Gasteiger partial charge on any atom is -0.500 e. The number of carbonyl (C=O) groups excluding carboxylic acids is 1. The normalized spacial score (nSPS) is 14.7. The monoisotopic (exact) mass is 189 g/mol. The van der Waals surface area contributed by atoms with Crippen LogP contribution in [0.15, 0.2) is 36.4 Å². The predicted octanol–water partition coefficient (Wildman–Crippen LogP) is 1.50. The first-order chi connectivity index (χ1) is 6.86. The van der Waals surface area contributed by atoms with Crippen molar-refractivity contribution in [2.24, 2.45) is 0 Å². The molecule has 0 N–H and O–H groups in total. The fourth-order valence-corrected chi connectivity index (χ4v) is 1.39. The number of ether oxygens (including phenoxy) is 1. The van der Waals surface area contributed by atoms with Crippen molar-refractivity contribution in [3.05, 3.63) is 41.9 Å². The second kappa shape index (κ2) is 4.05. The lowest BCUT2D eigenvalue weighted by Crippen LogP contribution is -2.05. The molecule has 0 atom stereocenters. The number of hydrogen-bond donors (Lipinski definition) is 0. The van der Waals surface area contributed by atoms with E-state index in [1.807, 2.05) is 12.1 Å². The lowest BCUT2D eigenvalue weighted by molar-refractivity contribution is -0.115. The Kier molecular flexibility index (Phi) is 2.58. The van der Waals surface area contributed by atoms with Gasteiger partial charge in [-0.15, -0.1) is 0 Å². The second-order valence-electron chi connectivity index (χ2n) is 3.23. The molecule has 72 valence electrons. The number of Topliss-reactive ketones (excluding diaryl/α,β-unsaturated/α-hetero) is 1. The molecule has 0 aromatic carbocycles. The van der Waals surface area contributed by atoms with Crippen LogP contribution in [0.4, 0.5) is 0 Å². The van der Waals surface area contributed by atoms with Gasteiger partial charge in [-0.2, -0.15) is 0 Å². The molecule has 14 heavy (non-hydrogen) atoms. The molecule has 0 unspecified atom stereocenters. The Morgan fingerprint density at radius 1 is 1.57 bits per heavy atom. The van der Waals surface area contributed by atoms with Gasteiger partial charge in [-0.05, 0) is 11.6 Å². The smallest absolute Gasteiger partial charge is 0.166 e. The van der Waals surface area contributed by atoms with E-state index in [0.717, 1.165) is 17.6 Å². The molecule has 2 heterocycles. The Bertz CT molecular complexity index is 357. The van der Waals surface area contributed by atoms with Gasteiger partial charge in [-0.3, -0.25) is 9.78 Å². The van der Waals surface area contributed by atoms with E-state index >= 15 is 0 Å². The zero-order valence-corrected chi connectivity index (χ0v) is 7.77. The number of hydrogen-bond acceptors (Lipinski definition) is 3. The molecule has 3 nitrogen and oxygen atoms in total. The van der Waals surface area contributed by atoms with E-state index in [2.05, 4.69) is 4.98 Å². The summed E-state index contributed by atoms with van der Waals surface area (Å²) in [5.74, 6) is 0.135. The second-order valence-corrected chi connectivity index (χ2v) is 3.23. The molecule has 0 radical (unpaired) electrons. The Labute approximate surface area is 82.4 Å². The van der Waals surface area contributed by atoms with Gasteiger partial charge in [0.25, 0.3) is 0 Å². The highest BCUT2D eigenvalue weighted by Crippen LogP contribution is 2.13. The summed E-state index contributed by atoms with van der Waals surface area (Å²) >= 11 is 0. The molecule has 1 aliphatic rings. The molecule has 3 heteroatoms. The van der Waals surface area contributed by atoms with E-state index in [0.29, 0.717) is 13.0 Å². The zero-order chi connectivity index (χ0) is 9.80. The Hall–Kier alpha value is -1.64. The van der Waals surface area contributed by atoms with E-state index in [1.54, 1.807) is 18.7 Å². The van der Waals surface area contributed by atoms with Gasteiger partial charge in [0, 0.05) is 30.8 Å². The van der Waals surface area contributed by atoms with Crippen LogP contribution in [0.2, 0.25) is 0 Å². The van der Waals surface area contributed by atoms with E-state index < -0.39 is 0 Å². The maximum Gasteiger partial charge on any atom is 0.166 e. The van der Waals surface area contributed by atoms with Gasteiger partial charge in [0.15, 0.2) is 5.78 Å². The fourth-order valence-electron chi connectivity index (χ4n) is 1.39. The minimum absolute atomic E-state index is 0.135. The van der Waals surface area contributed by atoms with E-state index in [4.69, 9.17) is 4.74 Å². The number of rotatable bonds is 3. The molecule has 0 saturated carbocycles. The Morgan fingerprint density at radius 2 is 2.50 bits per heavy atom. The van der Waals surface area contributed by atoms with E-state index in [-0.39, 0.29) is 5.78 Å². The van der Waals surface area contributed by atoms with Crippen molar-refractivity contribution < 1.29 is 9.53 Å². The summed E-state index contributed by atoms with van der Waals surface area (Å²) in [6.07, 6.45) is 6.14. The van der Waals surface area contributed by atoms with Crippen LogP contribution < -0.4 is 0 Å².